The van der Waals surface area contributed by atoms with E-state index in [1.807, 2.05) is 30.3 Å². The molecule has 3 atom stereocenters. The van der Waals surface area contributed by atoms with Crippen molar-refractivity contribution in [2.75, 3.05) is 33.2 Å². The molecule has 41 heavy (non-hydrogen) atoms. The summed E-state index contributed by atoms with van der Waals surface area (Å²) >= 11 is 0. The predicted octanol–water partition coefficient (Wildman–Crippen LogP) is 4.71. The van der Waals surface area contributed by atoms with Gasteiger partial charge in [-0.05, 0) is 60.7 Å². The van der Waals surface area contributed by atoms with E-state index in [9.17, 15) is 9.18 Å². The third kappa shape index (κ3) is 4.53. The molecule has 2 N–H and O–H groups in total. The predicted molar refractivity (Wildman–Crippen MR) is 158 cm³/mol. The first-order chi connectivity index (χ1) is 20.0. The van der Waals surface area contributed by atoms with Gasteiger partial charge in [-0.25, -0.2) is 9.49 Å². The van der Waals surface area contributed by atoms with Gasteiger partial charge in [0.05, 0.1) is 17.2 Å². The molecule has 1 aromatic heterocycles. The summed E-state index contributed by atoms with van der Waals surface area (Å²) in [5, 5.41) is 11.7. The van der Waals surface area contributed by atoms with Gasteiger partial charge >= 0.3 is 0 Å². The second kappa shape index (κ2) is 10.6. The van der Waals surface area contributed by atoms with Gasteiger partial charge in [-0.3, -0.25) is 9.69 Å². The maximum absolute atomic E-state index is 14.3. The maximum Gasteiger partial charge on any atom is 0.267 e. The summed E-state index contributed by atoms with van der Waals surface area (Å²) in [6.07, 6.45) is 2.62. The van der Waals surface area contributed by atoms with Gasteiger partial charge in [-0.2, -0.15) is 5.10 Å². The van der Waals surface area contributed by atoms with Crippen LogP contribution in [0.3, 0.4) is 0 Å². The highest BCUT2D eigenvalue weighted by atomic mass is 19.1. The van der Waals surface area contributed by atoms with E-state index in [-0.39, 0.29) is 23.5 Å². The summed E-state index contributed by atoms with van der Waals surface area (Å²) in [5.74, 6) is -0.278. The van der Waals surface area contributed by atoms with Crippen LogP contribution in [0.2, 0.25) is 0 Å². The van der Waals surface area contributed by atoms with Crippen LogP contribution >= 0.6 is 0 Å². The lowest BCUT2D eigenvalue weighted by atomic mass is 9.60. The monoisotopic (exact) mass is 549 g/mol. The standard InChI is InChI=1S/C34H36FN5O/c1-39-18-20-40(21-19-39)22-23-10-12-24(13-11-23)31-34(25-6-3-2-4-7-25,26-14-16-27(35)17-15-26)32-30-28(33(41)38-37-32)8-5-9-29(30)36-31/h2-4,6-7,10-17,29,31,36H,5,8-9,18-22H2,1H3,(H,38,41)/t29?,31-,34+/m1/s1. The molecule has 1 aliphatic carbocycles. The van der Waals surface area contributed by atoms with E-state index in [1.165, 1.54) is 17.7 Å². The van der Waals surface area contributed by atoms with Gasteiger partial charge in [0.15, 0.2) is 0 Å². The number of piperazine rings is 1. The van der Waals surface area contributed by atoms with Crippen molar-refractivity contribution in [2.45, 2.75) is 43.3 Å². The fourth-order valence-corrected chi connectivity index (χ4v) is 7.29. The molecule has 4 aromatic rings. The van der Waals surface area contributed by atoms with Crippen LogP contribution in [0.1, 0.15) is 64.0 Å². The molecule has 0 saturated carbocycles. The minimum atomic E-state index is -0.782. The Morgan fingerprint density at radius 3 is 2.37 bits per heavy atom. The normalized spacial score (nSPS) is 24.6. The Morgan fingerprint density at radius 2 is 1.63 bits per heavy atom. The molecule has 6 nitrogen and oxygen atoms in total. The Morgan fingerprint density at radius 1 is 0.927 bits per heavy atom. The Kier molecular flexibility index (Phi) is 6.81. The van der Waals surface area contributed by atoms with E-state index in [0.717, 1.165) is 85.5 Å². The van der Waals surface area contributed by atoms with Crippen LogP contribution in [0.5, 0.6) is 0 Å². The fraction of sp³-hybridized carbons (Fsp3) is 0.353. The average molecular weight is 550 g/mol. The number of aromatic amines is 1. The molecule has 3 heterocycles. The number of aromatic nitrogens is 2. The molecule has 1 unspecified atom stereocenters. The number of H-pyrrole nitrogens is 1. The van der Waals surface area contributed by atoms with Crippen LogP contribution < -0.4 is 10.9 Å². The number of hydrogen-bond donors (Lipinski definition) is 2. The molecule has 0 spiro atoms. The third-order valence-electron chi connectivity index (χ3n) is 9.41. The molecule has 210 valence electrons. The average Bonchev–Trinajstić information content (AvgIpc) is 3.01. The summed E-state index contributed by atoms with van der Waals surface area (Å²) in [6.45, 7) is 5.29. The van der Waals surface area contributed by atoms with Gasteiger partial charge < -0.3 is 10.2 Å². The zero-order valence-corrected chi connectivity index (χ0v) is 23.4. The first kappa shape index (κ1) is 26.3. The zero-order valence-electron chi connectivity index (χ0n) is 23.4. The van der Waals surface area contributed by atoms with Crippen molar-refractivity contribution >= 4 is 0 Å². The highest BCUT2D eigenvalue weighted by Gasteiger charge is 2.53. The van der Waals surface area contributed by atoms with E-state index >= 15 is 0 Å². The lowest BCUT2D eigenvalue weighted by molar-refractivity contribution is 0.148. The van der Waals surface area contributed by atoms with Crippen molar-refractivity contribution in [1.29, 1.82) is 0 Å². The van der Waals surface area contributed by atoms with E-state index in [4.69, 9.17) is 5.10 Å². The highest BCUT2D eigenvalue weighted by Crippen LogP contribution is 2.54. The minimum absolute atomic E-state index is 0.0239. The van der Waals surface area contributed by atoms with Gasteiger partial charge in [-0.1, -0.05) is 66.7 Å². The number of nitrogens with one attached hydrogen (secondary N) is 2. The fourth-order valence-electron chi connectivity index (χ4n) is 7.29. The van der Waals surface area contributed by atoms with Gasteiger partial charge in [-0.15, -0.1) is 0 Å². The number of benzene rings is 3. The molecule has 1 saturated heterocycles. The van der Waals surface area contributed by atoms with Crippen molar-refractivity contribution in [3.05, 3.63) is 134 Å². The summed E-state index contributed by atoms with van der Waals surface area (Å²) < 4.78 is 14.3. The molecule has 7 rings (SSSR count). The van der Waals surface area contributed by atoms with Crippen LogP contribution in [0.25, 0.3) is 0 Å². The van der Waals surface area contributed by atoms with E-state index in [0.29, 0.717) is 0 Å². The molecule has 7 heteroatoms. The lowest BCUT2D eigenvalue weighted by Crippen LogP contribution is -2.52. The van der Waals surface area contributed by atoms with Gasteiger partial charge in [0.25, 0.3) is 5.56 Å². The van der Waals surface area contributed by atoms with E-state index < -0.39 is 5.41 Å². The minimum Gasteiger partial charge on any atom is -0.304 e. The number of likely N-dealkylation sites (N-methyl/N-ethyl adjacent to an activating group) is 1. The molecule has 0 amide bonds. The van der Waals surface area contributed by atoms with Crippen LogP contribution in [0.15, 0.2) is 83.7 Å². The topological polar surface area (TPSA) is 64.3 Å². The second-order valence-corrected chi connectivity index (χ2v) is 11.8. The van der Waals surface area contributed by atoms with Gasteiger partial charge in [0, 0.05) is 49.9 Å². The second-order valence-electron chi connectivity index (χ2n) is 11.8. The molecular weight excluding hydrogens is 513 g/mol. The van der Waals surface area contributed by atoms with Gasteiger partial charge in [0.2, 0.25) is 0 Å². The van der Waals surface area contributed by atoms with Crippen LogP contribution in [0.4, 0.5) is 4.39 Å². The molecule has 0 radical (unpaired) electrons. The first-order valence-electron chi connectivity index (χ1n) is 14.7. The third-order valence-corrected chi connectivity index (χ3v) is 9.41. The summed E-state index contributed by atoms with van der Waals surface area (Å²) in [7, 11) is 2.18. The number of rotatable bonds is 5. The van der Waals surface area contributed by atoms with Crippen LogP contribution in [-0.4, -0.2) is 53.2 Å². The summed E-state index contributed by atoms with van der Waals surface area (Å²) in [5.41, 5.74) is 6.23. The Labute approximate surface area is 240 Å². The zero-order chi connectivity index (χ0) is 28.0. The summed E-state index contributed by atoms with van der Waals surface area (Å²) in [6, 6.07) is 26.0. The Balaban J connectivity index is 1.40. The van der Waals surface area contributed by atoms with E-state index in [1.54, 1.807) is 0 Å². The lowest BCUT2D eigenvalue weighted by Gasteiger charge is -2.50. The van der Waals surface area contributed by atoms with Crippen molar-refractivity contribution in [3.63, 3.8) is 0 Å². The van der Waals surface area contributed by atoms with Crippen LogP contribution in [0, 0.1) is 5.82 Å². The highest BCUT2D eigenvalue weighted by molar-refractivity contribution is 5.58. The van der Waals surface area contributed by atoms with Crippen LogP contribution in [-0.2, 0) is 18.4 Å². The van der Waals surface area contributed by atoms with Crippen molar-refractivity contribution in [1.82, 2.24) is 25.3 Å². The maximum atomic E-state index is 14.3. The number of hydrogen-bond acceptors (Lipinski definition) is 5. The van der Waals surface area contributed by atoms with E-state index in [2.05, 4.69) is 63.7 Å². The molecular formula is C34H36FN5O. The largest absolute Gasteiger partial charge is 0.304 e. The smallest absolute Gasteiger partial charge is 0.267 e. The molecule has 2 aliphatic heterocycles. The number of nitrogens with zero attached hydrogens (tertiary/aromatic N) is 3. The molecule has 1 fully saturated rings. The molecule has 0 bridgehead atoms. The SMILES string of the molecule is CN1CCN(Cc2ccc([C@H]3NC4CCCc5c4c(n[nH]c5=O)[C@@]3(c3ccccc3)c3ccc(F)cc3)cc2)CC1. The molecule has 3 aliphatic rings. The van der Waals surface area contributed by atoms with Crippen molar-refractivity contribution in [2.24, 2.45) is 0 Å². The Bertz CT molecular complexity index is 1580. The van der Waals surface area contributed by atoms with Crippen molar-refractivity contribution < 1.29 is 4.39 Å². The Hall–Kier alpha value is -3.65. The van der Waals surface area contributed by atoms with Gasteiger partial charge in [0.1, 0.15) is 5.82 Å². The summed E-state index contributed by atoms with van der Waals surface area (Å²) in [4.78, 5) is 17.9. The van der Waals surface area contributed by atoms with Crippen molar-refractivity contribution in [3.8, 4) is 0 Å². The first-order valence-corrected chi connectivity index (χ1v) is 14.7. The molecule has 3 aromatic carbocycles. The quantitative estimate of drug-likeness (QED) is 0.378. The number of halogens is 1.